The standard InChI is InChI=1S/C16H14ClFN4O2/c1-9-13(8-24-9)22-16(23)14-11(6-19-22)15(17)21(20-14)7-10-4-2-3-5-12(10)18/h2-6,9,13H,7-8H2,1H3/t9-,13+/m1/s1. The van der Waals surface area contributed by atoms with Gasteiger partial charge < -0.3 is 4.74 Å². The van der Waals surface area contributed by atoms with Crippen molar-refractivity contribution in [2.24, 2.45) is 0 Å². The summed E-state index contributed by atoms with van der Waals surface area (Å²) in [6, 6.07) is 6.28. The Morgan fingerprint density at radius 1 is 1.42 bits per heavy atom. The molecule has 8 heteroatoms. The van der Waals surface area contributed by atoms with Gasteiger partial charge in [0, 0.05) is 5.56 Å². The first kappa shape index (κ1) is 15.3. The van der Waals surface area contributed by atoms with E-state index in [2.05, 4.69) is 10.2 Å². The molecule has 0 saturated carbocycles. The Bertz CT molecular complexity index is 984. The third-order valence-corrected chi connectivity index (χ3v) is 4.71. The van der Waals surface area contributed by atoms with E-state index in [1.807, 2.05) is 6.92 Å². The molecule has 3 aromatic rings. The molecule has 1 aliphatic heterocycles. The molecule has 0 aliphatic carbocycles. The molecule has 1 saturated heterocycles. The second-order valence-corrected chi connectivity index (χ2v) is 6.16. The lowest BCUT2D eigenvalue weighted by atomic mass is 10.1. The van der Waals surface area contributed by atoms with Crippen molar-refractivity contribution >= 4 is 22.5 Å². The predicted octanol–water partition coefficient (Wildman–Crippen LogP) is 2.39. The molecule has 3 heterocycles. The average molecular weight is 349 g/mol. The molecule has 1 aromatic carbocycles. The van der Waals surface area contributed by atoms with Crippen molar-refractivity contribution in [3.05, 3.63) is 57.3 Å². The Labute approximate surface area is 141 Å². The van der Waals surface area contributed by atoms with E-state index in [0.29, 0.717) is 17.6 Å². The molecule has 124 valence electrons. The van der Waals surface area contributed by atoms with Crippen molar-refractivity contribution < 1.29 is 9.13 Å². The van der Waals surface area contributed by atoms with E-state index in [-0.39, 0.29) is 40.7 Å². The minimum Gasteiger partial charge on any atom is -0.374 e. The van der Waals surface area contributed by atoms with E-state index < -0.39 is 0 Å². The van der Waals surface area contributed by atoms with Crippen LogP contribution in [0.3, 0.4) is 0 Å². The van der Waals surface area contributed by atoms with Gasteiger partial charge in [0.1, 0.15) is 17.0 Å². The van der Waals surface area contributed by atoms with Gasteiger partial charge in [-0.15, -0.1) is 0 Å². The summed E-state index contributed by atoms with van der Waals surface area (Å²) in [7, 11) is 0. The molecule has 0 amide bonds. The molecule has 24 heavy (non-hydrogen) atoms. The minimum atomic E-state index is -0.343. The van der Waals surface area contributed by atoms with Gasteiger partial charge in [0.15, 0.2) is 5.52 Å². The van der Waals surface area contributed by atoms with E-state index >= 15 is 0 Å². The third kappa shape index (κ3) is 2.32. The first-order chi connectivity index (χ1) is 11.6. The molecular formula is C16H14ClFN4O2. The van der Waals surface area contributed by atoms with Gasteiger partial charge in [0.2, 0.25) is 0 Å². The summed E-state index contributed by atoms with van der Waals surface area (Å²) in [5, 5.41) is 9.20. The summed E-state index contributed by atoms with van der Waals surface area (Å²) in [6.45, 7) is 2.47. The van der Waals surface area contributed by atoms with Gasteiger partial charge in [-0.1, -0.05) is 29.8 Å². The number of hydrogen-bond donors (Lipinski definition) is 0. The molecular weight excluding hydrogens is 335 g/mol. The third-order valence-electron chi connectivity index (χ3n) is 4.31. The molecule has 2 atom stereocenters. The molecule has 0 unspecified atom stereocenters. The minimum absolute atomic E-state index is 0.0661. The summed E-state index contributed by atoms with van der Waals surface area (Å²) in [6.07, 6.45) is 1.46. The fourth-order valence-corrected chi connectivity index (χ4v) is 3.02. The predicted molar refractivity (Wildman–Crippen MR) is 86.8 cm³/mol. The molecule has 2 aromatic heterocycles. The Kier molecular flexibility index (Phi) is 3.62. The number of rotatable bonds is 3. The maximum atomic E-state index is 13.8. The van der Waals surface area contributed by atoms with Gasteiger partial charge in [-0.2, -0.15) is 10.2 Å². The number of aromatic nitrogens is 4. The van der Waals surface area contributed by atoms with Crippen LogP contribution in [0, 0.1) is 5.82 Å². The van der Waals surface area contributed by atoms with Crippen LogP contribution in [0.1, 0.15) is 18.5 Å². The first-order valence-electron chi connectivity index (χ1n) is 7.55. The normalized spacial score (nSPS) is 20.3. The zero-order valence-electron chi connectivity index (χ0n) is 12.8. The highest BCUT2D eigenvalue weighted by molar-refractivity contribution is 6.34. The van der Waals surface area contributed by atoms with Crippen molar-refractivity contribution in [2.75, 3.05) is 6.61 Å². The van der Waals surface area contributed by atoms with Crippen LogP contribution in [0.2, 0.25) is 5.15 Å². The lowest BCUT2D eigenvalue weighted by molar-refractivity contribution is -0.0990. The van der Waals surface area contributed by atoms with Gasteiger partial charge in [-0.25, -0.2) is 13.8 Å². The molecule has 0 radical (unpaired) electrons. The number of nitrogens with zero attached hydrogens (tertiary/aromatic N) is 4. The SMILES string of the molecule is C[C@H]1OC[C@@H]1n1ncc2c(Cl)n(Cc3ccccc3F)nc2c1=O. The van der Waals surface area contributed by atoms with Crippen LogP contribution in [0.25, 0.3) is 10.9 Å². The van der Waals surface area contributed by atoms with Crippen molar-refractivity contribution in [2.45, 2.75) is 25.6 Å². The zero-order valence-corrected chi connectivity index (χ0v) is 13.6. The zero-order chi connectivity index (χ0) is 16.8. The van der Waals surface area contributed by atoms with Gasteiger partial charge in [0.25, 0.3) is 5.56 Å². The van der Waals surface area contributed by atoms with E-state index in [9.17, 15) is 9.18 Å². The fourth-order valence-electron chi connectivity index (χ4n) is 2.78. The van der Waals surface area contributed by atoms with Crippen LogP contribution < -0.4 is 5.56 Å². The van der Waals surface area contributed by atoms with Crippen LogP contribution in [-0.4, -0.2) is 32.3 Å². The second-order valence-electron chi connectivity index (χ2n) is 5.80. The number of halogens is 2. The fraction of sp³-hybridized carbons (Fsp3) is 0.312. The number of hydrogen-bond acceptors (Lipinski definition) is 4. The number of fused-ring (bicyclic) bond motifs is 1. The van der Waals surface area contributed by atoms with E-state index in [1.165, 1.54) is 21.6 Å². The molecule has 4 rings (SSSR count). The van der Waals surface area contributed by atoms with Crippen molar-refractivity contribution in [3.63, 3.8) is 0 Å². The molecule has 0 bridgehead atoms. The largest absolute Gasteiger partial charge is 0.374 e. The Balaban J connectivity index is 1.78. The molecule has 0 N–H and O–H groups in total. The maximum absolute atomic E-state index is 13.8. The van der Waals surface area contributed by atoms with Gasteiger partial charge in [-0.3, -0.25) is 4.79 Å². The van der Waals surface area contributed by atoms with Crippen molar-refractivity contribution in [3.8, 4) is 0 Å². The smallest absolute Gasteiger partial charge is 0.295 e. The molecule has 1 fully saturated rings. The quantitative estimate of drug-likeness (QED) is 0.729. The highest BCUT2D eigenvalue weighted by Crippen LogP contribution is 2.25. The lowest BCUT2D eigenvalue weighted by Gasteiger charge is -2.34. The summed E-state index contributed by atoms with van der Waals surface area (Å²) in [5.74, 6) is -0.343. The van der Waals surface area contributed by atoms with Crippen molar-refractivity contribution in [1.82, 2.24) is 19.6 Å². The molecule has 0 spiro atoms. The van der Waals surface area contributed by atoms with Crippen LogP contribution in [-0.2, 0) is 11.3 Å². The lowest BCUT2D eigenvalue weighted by Crippen LogP contribution is -2.44. The number of benzene rings is 1. The number of ether oxygens (including phenoxy) is 1. The van der Waals surface area contributed by atoms with E-state index in [1.54, 1.807) is 18.2 Å². The first-order valence-corrected chi connectivity index (χ1v) is 7.93. The summed E-state index contributed by atoms with van der Waals surface area (Å²) < 4.78 is 21.9. The Hall–Kier alpha value is -2.25. The average Bonchev–Trinajstić information content (AvgIpc) is 2.88. The maximum Gasteiger partial charge on any atom is 0.295 e. The highest BCUT2D eigenvalue weighted by atomic mass is 35.5. The van der Waals surface area contributed by atoms with Crippen LogP contribution in [0.5, 0.6) is 0 Å². The monoisotopic (exact) mass is 348 g/mol. The van der Waals surface area contributed by atoms with Gasteiger partial charge >= 0.3 is 0 Å². The Morgan fingerprint density at radius 2 is 2.21 bits per heavy atom. The molecule has 6 nitrogen and oxygen atoms in total. The van der Waals surface area contributed by atoms with E-state index in [4.69, 9.17) is 16.3 Å². The van der Waals surface area contributed by atoms with E-state index in [0.717, 1.165) is 0 Å². The summed E-state index contributed by atoms with van der Waals surface area (Å²) in [4.78, 5) is 12.6. The summed E-state index contributed by atoms with van der Waals surface area (Å²) in [5.41, 5.74) is 0.355. The van der Waals surface area contributed by atoms with Crippen LogP contribution in [0.4, 0.5) is 4.39 Å². The van der Waals surface area contributed by atoms with Gasteiger partial charge in [-0.05, 0) is 13.0 Å². The summed E-state index contributed by atoms with van der Waals surface area (Å²) >= 11 is 6.30. The van der Waals surface area contributed by atoms with Gasteiger partial charge in [0.05, 0.1) is 30.8 Å². The topological polar surface area (TPSA) is 61.9 Å². The second kappa shape index (κ2) is 5.68. The van der Waals surface area contributed by atoms with Crippen molar-refractivity contribution in [1.29, 1.82) is 0 Å². The van der Waals surface area contributed by atoms with Crippen LogP contribution >= 0.6 is 11.6 Å². The molecule has 1 aliphatic rings. The Morgan fingerprint density at radius 3 is 2.88 bits per heavy atom. The highest BCUT2D eigenvalue weighted by Gasteiger charge is 2.32. The van der Waals surface area contributed by atoms with Crippen LogP contribution in [0.15, 0.2) is 35.3 Å².